The van der Waals surface area contributed by atoms with Crippen molar-refractivity contribution in [1.82, 2.24) is 16.2 Å². The van der Waals surface area contributed by atoms with Gasteiger partial charge in [-0.15, -0.1) is 0 Å². The van der Waals surface area contributed by atoms with Gasteiger partial charge in [-0.05, 0) is 50.1 Å². The van der Waals surface area contributed by atoms with Crippen LogP contribution >= 0.6 is 0 Å². The van der Waals surface area contributed by atoms with Crippen LogP contribution in [0.1, 0.15) is 45.7 Å². The predicted molar refractivity (Wildman–Crippen MR) is 114 cm³/mol. The van der Waals surface area contributed by atoms with E-state index in [1.165, 1.54) is 30.3 Å². The number of hydrogen-bond acceptors (Lipinski definition) is 5. The molecule has 3 rings (SSSR count). The van der Waals surface area contributed by atoms with E-state index in [0.29, 0.717) is 17.0 Å². The number of benzene rings is 2. The summed E-state index contributed by atoms with van der Waals surface area (Å²) in [6.07, 6.45) is -2.16. The van der Waals surface area contributed by atoms with Crippen molar-refractivity contribution < 1.29 is 27.5 Å². The van der Waals surface area contributed by atoms with Gasteiger partial charge in [-0.25, -0.2) is 5.43 Å². The summed E-state index contributed by atoms with van der Waals surface area (Å²) in [5, 5.41) is 3.39. The lowest BCUT2D eigenvalue weighted by molar-refractivity contribution is -0.126. The molecule has 0 spiro atoms. The quantitative estimate of drug-likeness (QED) is 0.358. The third kappa shape index (κ3) is 5.88. The van der Waals surface area contributed by atoms with E-state index in [2.05, 4.69) is 5.32 Å². The van der Waals surface area contributed by atoms with Gasteiger partial charge in [0.15, 0.2) is 5.78 Å². The molecule has 1 amide bonds. The highest BCUT2D eigenvalue weighted by atomic mass is 19.4. The van der Waals surface area contributed by atoms with Crippen LogP contribution in [0, 0.1) is 0 Å². The molecule has 1 aliphatic rings. The molecule has 0 aliphatic carbocycles. The number of methoxy groups -OCH3 is 1. The smallest absolute Gasteiger partial charge is 0.402 e. The maximum absolute atomic E-state index is 12.9. The molecular formula is C23H24F3N3O3. The summed E-state index contributed by atoms with van der Waals surface area (Å²) in [5.74, 6) is -0.331. The Kier molecular flexibility index (Phi) is 6.59. The molecule has 0 atom stereocenters. The number of fused-ring (bicyclic) bond motifs is 1. The topological polar surface area (TPSA) is 79.5 Å². The first-order valence-electron chi connectivity index (χ1n) is 9.89. The van der Waals surface area contributed by atoms with E-state index in [1.807, 2.05) is 42.9 Å². The molecule has 2 aromatic carbocycles. The molecule has 2 aromatic rings. The maximum Gasteiger partial charge on any atom is 0.402 e. The molecule has 0 bridgehead atoms. The zero-order valence-electron chi connectivity index (χ0n) is 17.9. The highest BCUT2D eigenvalue weighted by Gasteiger charge is 2.29. The van der Waals surface area contributed by atoms with Gasteiger partial charge >= 0.3 is 6.18 Å². The first-order valence-corrected chi connectivity index (χ1v) is 9.89. The van der Waals surface area contributed by atoms with E-state index in [-0.39, 0.29) is 16.9 Å². The van der Waals surface area contributed by atoms with E-state index >= 15 is 0 Å². The van der Waals surface area contributed by atoms with Crippen LogP contribution in [-0.2, 0) is 6.42 Å². The number of hydrogen-bond donors (Lipinski definition) is 3. The summed E-state index contributed by atoms with van der Waals surface area (Å²) >= 11 is 0. The Balaban J connectivity index is 1.77. The summed E-state index contributed by atoms with van der Waals surface area (Å²) in [6, 6.07) is 11.4. The second-order valence-corrected chi connectivity index (χ2v) is 8.13. The van der Waals surface area contributed by atoms with Crippen molar-refractivity contribution in [3.63, 3.8) is 0 Å². The van der Waals surface area contributed by atoms with Crippen molar-refractivity contribution >= 4 is 17.4 Å². The van der Waals surface area contributed by atoms with Crippen LogP contribution in [0.5, 0.6) is 5.75 Å². The standard InChI is InChI=1S/C23H24F3N3O3/c1-22(2)12-16-8-9-17(32-3)10-18(16)19(28-22)11-20(30)14-4-6-15(7-5-14)21(31)29-27-13-23(24,25)26/h4-11,27-28H,12-13H2,1-3H3,(H,29,31)/b19-11-. The van der Waals surface area contributed by atoms with Crippen molar-refractivity contribution in [3.05, 3.63) is 70.8 Å². The number of ketones is 1. The van der Waals surface area contributed by atoms with Crippen LogP contribution in [0.3, 0.4) is 0 Å². The minimum absolute atomic E-state index is 0.121. The Hall–Kier alpha value is -3.33. The van der Waals surface area contributed by atoms with Gasteiger partial charge in [0, 0.05) is 34.0 Å². The molecular weight excluding hydrogens is 423 g/mol. The van der Waals surface area contributed by atoms with Gasteiger partial charge in [0.05, 0.1) is 7.11 Å². The summed E-state index contributed by atoms with van der Waals surface area (Å²) < 4.78 is 41.8. The number of carbonyl (C=O) groups is 2. The third-order valence-corrected chi connectivity index (χ3v) is 4.91. The van der Waals surface area contributed by atoms with Crippen LogP contribution in [0.15, 0.2) is 48.5 Å². The highest BCUT2D eigenvalue weighted by Crippen LogP contribution is 2.32. The molecule has 1 aliphatic heterocycles. The van der Waals surface area contributed by atoms with Gasteiger partial charge in [-0.1, -0.05) is 18.2 Å². The normalized spacial score (nSPS) is 16.1. The third-order valence-electron chi connectivity index (χ3n) is 4.91. The second-order valence-electron chi connectivity index (χ2n) is 8.13. The van der Waals surface area contributed by atoms with E-state index in [0.717, 1.165) is 17.5 Å². The van der Waals surface area contributed by atoms with E-state index in [1.54, 1.807) is 7.11 Å². The monoisotopic (exact) mass is 447 g/mol. The first-order chi connectivity index (χ1) is 15.0. The van der Waals surface area contributed by atoms with E-state index < -0.39 is 18.6 Å². The first kappa shape index (κ1) is 23.3. The Morgan fingerprint density at radius 1 is 1.12 bits per heavy atom. The number of ether oxygens (including phenoxy) is 1. The summed E-state index contributed by atoms with van der Waals surface area (Å²) in [4.78, 5) is 24.8. The van der Waals surface area contributed by atoms with E-state index in [4.69, 9.17) is 4.74 Å². The minimum Gasteiger partial charge on any atom is -0.497 e. The Labute approximate surface area is 183 Å². The molecule has 0 aromatic heterocycles. The van der Waals surface area contributed by atoms with Crippen LogP contribution < -0.4 is 20.9 Å². The lowest BCUT2D eigenvalue weighted by Gasteiger charge is -2.35. The van der Waals surface area contributed by atoms with Crippen molar-refractivity contribution in [2.45, 2.75) is 32.0 Å². The molecule has 3 N–H and O–H groups in total. The van der Waals surface area contributed by atoms with Gasteiger partial charge in [-0.2, -0.15) is 13.2 Å². The van der Waals surface area contributed by atoms with Crippen LogP contribution in [0.4, 0.5) is 13.2 Å². The summed E-state index contributed by atoms with van der Waals surface area (Å²) in [5.41, 5.74) is 6.64. The van der Waals surface area contributed by atoms with Gasteiger partial charge in [-0.3, -0.25) is 15.0 Å². The fraction of sp³-hybridized carbons (Fsp3) is 0.304. The summed E-state index contributed by atoms with van der Waals surface area (Å²) in [6.45, 7) is 2.73. The fourth-order valence-corrected chi connectivity index (χ4v) is 3.45. The molecule has 0 unspecified atom stereocenters. The average molecular weight is 447 g/mol. The molecule has 0 saturated heterocycles. The van der Waals surface area contributed by atoms with Gasteiger partial charge in [0.25, 0.3) is 5.91 Å². The number of hydrazine groups is 1. The highest BCUT2D eigenvalue weighted by molar-refractivity contribution is 6.09. The molecule has 0 fully saturated rings. The van der Waals surface area contributed by atoms with E-state index in [9.17, 15) is 22.8 Å². The van der Waals surface area contributed by atoms with Crippen LogP contribution in [-0.4, -0.2) is 37.1 Å². The van der Waals surface area contributed by atoms with Gasteiger partial charge < -0.3 is 10.1 Å². The Morgan fingerprint density at radius 3 is 2.41 bits per heavy atom. The van der Waals surface area contributed by atoms with Gasteiger partial charge in [0.1, 0.15) is 12.3 Å². The zero-order valence-corrected chi connectivity index (χ0v) is 17.9. The second kappa shape index (κ2) is 9.04. The number of alkyl halides is 3. The number of allylic oxidation sites excluding steroid dienone is 1. The average Bonchev–Trinajstić information content (AvgIpc) is 2.72. The molecule has 170 valence electrons. The molecule has 6 nitrogen and oxygen atoms in total. The lowest BCUT2D eigenvalue weighted by Crippen LogP contribution is -2.43. The fourth-order valence-electron chi connectivity index (χ4n) is 3.45. The van der Waals surface area contributed by atoms with Crippen LogP contribution in [0.2, 0.25) is 0 Å². The van der Waals surface area contributed by atoms with Crippen molar-refractivity contribution in [2.75, 3.05) is 13.7 Å². The van der Waals surface area contributed by atoms with Crippen molar-refractivity contribution in [3.8, 4) is 5.75 Å². The molecule has 1 heterocycles. The lowest BCUT2D eigenvalue weighted by atomic mass is 9.85. The molecule has 0 radical (unpaired) electrons. The zero-order chi connectivity index (χ0) is 23.5. The number of carbonyl (C=O) groups excluding carboxylic acids is 2. The van der Waals surface area contributed by atoms with Gasteiger partial charge in [0.2, 0.25) is 0 Å². The Bertz CT molecular complexity index is 1040. The minimum atomic E-state index is -4.44. The SMILES string of the molecule is COc1ccc2c(c1)/C(=C/C(=O)c1ccc(C(=O)NNCC(F)(F)F)cc1)NC(C)(C)C2. The predicted octanol–water partition coefficient (Wildman–Crippen LogP) is 3.64. The molecule has 9 heteroatoms. The number of halogens is 3. The number of nitrogens with one attached hydrogen (secondary N) is 3. The number of amides is 1. The van der Waals surface area contributed by atoms with Crippen molar-refractivity contribution in [1.29, 1.82) is 0 Å². The maximum atomic E-state index is 12.9. The molecule has 0 saturated carbocycles. The van der Waals surface area contributed by atoms with Crippen molar-refractivity contribution in [2.24, 2.45) is 0 Å². The molecule has 32 heavy (non-hydrogen) atoms. The number of rotatable bonds is 6. The summed E-state index contributed by atoms with van der Waals surface area (Å²) in [7, 11) is 1.58. The van der Waals surface area contributed by atoms with Crippen LogP contribution in [0.25, 0.3) is 5.70 Å². The Morgan fingerprint density at radius 2 is 1.78 bits per heavy atom. The largest absolute Gasteiger partial charge is 0.497 e.